The first kappa shape index (κ1) is 25.2. The first-order chi connectivity index (χ1) is 16.7. The molecule has 35 heavy (non-hydrogen) atoms. The zero-order valence-electron chi connectivity index (χ0n) is 20.5. The van der Waals surface area contributed by atoms with Crippen molar-refractivity contribution in [1.29, 1.82) is 0 Å². The molecule has 2 amide bonds. The van der Waals surface area contributed by atoms with Crippen molar-refractivity contribution in [2.45, 2.75) is 57.6 Å². The summed E-state index contributed by atoms with van der Waals surface area (Å²) in [6.07, 6.45) is 1.11. The number of hydrogen-bond acceptors (Lipinski definition) is 5. The van der Waals surface area contributed by atoms with Gasteiger partial charge in [-0.1, -0.05) is 37.3 Å². The first-order valence-corrected chi connectivity index (χ1v) is 13.6. The highest BCUT2D eigenvalue weighted by Crippen LogP contribution is 2.36. The van der Waals surface area contributed by atoms with E-state index in [4.69, 9.17) is 4.74 Å². The van der Waals surface area contributed by atoms with E-state index in [-0.39, 0.29) is 29.2 Å². The molecule has 2 aliphatic heterocycles. The molecule has 2 atom stereocenters. The Morgan fingerprint density at radius 1 is 1.20 bits per heavy atom. The Morgan fingerprint density at radius 2 is 1.94 bits per heavy atom. The van der Waals surface area contributed by atoms with Gasteiger partial charge in [0, 0.05) is 32.2 Å². The summed E-state index contributed by atoms with van der Waals surface area (Å²) in [6, 6.07) is 12.9. The molecule has 8 nitrogen and oxygen atoms in total. The maximum Gasteiger partial charge on any atom is 0.265 e. The summed E-state index contributed by atoms with van der Waals surface area (Å²) in [6.45, 7) is 7.06. The first-order valence-electron chi connectivity index (χ1n) is 12.2. The van der Waals surface area contributed by atoms with E-state index in [0.29, 0.717) is 55.9 Å². The molecule has 0 aliphatic carbocycles. The largest absolute Gasteiger partial charge is 0.478 e. The second kappa shape index (κ2) is 10.4. The molecular formula is C26H33N3O5S. The normalized spacial score (nSPS) is 20.5. The Hall–Kier alpha value is -2.91. The molecule has 0 saturated carbocycles. The fourth-order valence-electron chi connectivity index (χ4n) is 4.74. The second-order valence-electron chi connectivity index (χ2n) is 9.16. The molecule has 0 unspecified atom stereocenters. The average Bonchev–Trinajstić information content (AvgIpc) is 2.86. The Kier molecular flexibility index (Phi) is 7.47. The molecule has 188 valence electrons. The SMILES string of the molecule is CC[C@H]1Oc2cc(S(=O)(=O)N3CCC[C@H](C(=O)N(CC)Cc4ccccc4)C3)c(C)cc2NC1=O. The van der Waals surface area contributed by atoms with Crippen molar-refractivity contribution in [2.75, 3.05) is 25.0 Å². The van der Waals surface area contributed by atoms with E-state index >= 15 is 0 Å². The number of nitrogens with zero attached hydrogens (tertiary/aromatic N) is 2. The summed E-state index contributed by atoms with van der Waals surface area (Å²) in [4.78, 5) is 27.4. The molecule has 2 aromatic carbocycles. The van der Waals surface area contributed by atoms with Crippen LogP contribution in [0.4, 0.5) is 5.69 Å². The summed E-state index contributed by atoms with van der Waals surface area (Å²) in [5.74, 6) is -0.288. The Bertz CT molecular complexity index is 1200. The smallest absolute Gasteiger partial charge is 0.265 e. The molecule has 0 aromatic heterocycles. The highest BCUT2D eigenvalue weighted by Gasteiger charge is 2.37. The molecule has 4 rings (SSSR count). The van der Waals surface area contributed by atoms with Gasteiger partial charge in [-0.3, -0.25) is 9.59 Å². The van der Waals surface area contributed by atoms with Crippen LogP contribution in [0.2, 0.25) is 0 Å². The molecule has 2 aromatic rings. The van der Waals surface area contributed by atoms with Crippen molar-refractivity contribution >= 4 is 27.5 Å². The Morgan fingerprint density at radius 3 is 2.63 bits per heavy atom. The minimum Gasteiger partial charge on any atom is -0.478 e. The molecular weight excluding hydrogens is 466 g/mol. The quantitative estimate of drug-likeness (QED) is 0.629. The summed E-state index contributed by atoms with van der Waals surface area (Å²) < 4.78 is 34.5. The predicted molar refractivity (Wildman–Crippen MR) is 134 cm³/mol. The molecule has 0 spiro atoms. The molecule has 2 aliphatic rings. The monoisotopic (exact) mass is 499 g/mol. The van der Waals surface area contributed by atoms with E-state index < -0.39 is 16.1 Å². The lowest BCUT2D eigenvalue weighted by Crippen LogP contribution is -2.46. The summed E-state index contributed by atoms with van der Waals surface area (Å²) in [5, 5.41) is 2.80. The number of aryl methyl sites for hydroxylation is 1. The third-order valence-electron chi connectivity index (χ3n) is 6.73. The highest BCUT2D eigenvalue weighted by molar-refractivity contribution is 7.89. The van der Waals surface area contributed by atoms with Gasteiger partial charge in [-0.15, -0.1) is 0 Å². The number of rotatable bonds is 7. The van der Waals surface area contributed by atoms with Crippen molar-refractivity contribution in [3.63, 3.8) is 0 Å². The van der Waals surface area contributed by atoms with Crippen LogP contribution < -0.4 is 10.1 Å². The number of benzene rings is 2. The Labute approximate surface area is 207 Å². The predicted octanol–water partition coefficient (Wildman–Crippen LogP) is 3.55. The second-order valence-corrected chi connectivity index (χ2v) is 11.1. The van der Waals surface area contributed by atoms with Crippen molar-refractivity contribution in [3.05, 3.63) is 53.6 Å². The molecule has 2 heterocycles. The van der Waals surface area contributed by atoms with Crippen molar-refractivity contribution in [1.82, 2.24) is 9.21 Å². The highest BCUT2D eigenvalue weighted by atomic mass is 32.2. The van der Waals surface area contributed by atoms with Gasteiger partial charge in [0.05, 0.1) is 16.5 Å². The van der Waals surface area contributed by atoms with Crippen molar-refractivity contribution in [2.24, 2.45) is 5.92 Å². The van der Waals surface area contributed by atoms with Gasteiger partial charge in [0.1, 0.15) is 5.75 Å². The number of nitrogens with one attached hydrogen (secondary N) is 1. The van der Waals surface area contributed by atoms with E-state index in [1.807, 2.05) is 44.2 Å². The van der Waals surface area contributed by atoms with Gasteiger partial charge in [-0.05, 0) is 50.3 Å². The van der Waals surface area contributed by atoms with Gasteiger partial charge in [0.15, 0.2) is 6.10 Å². The number of carbonyl (C=O) groups is 2. The molecule has 1 N–H and O–H groups in total. The van der Waals surface area contributed by atoms with Crippen LogP contribution >= 0.6 is 0 Å². The van der Waals surface area contributed by atoms with Gasteiger partial charge in [0.25, 0.3) is 5.91 Å². The van der Waals surface area contributed by atoms with Crippen molar-refractivity contribution in [3.8, 4) is 5.75 Å². The van der Waals surface area contributed by atoms with Crippen LogP contribution in [0.3, 0.4) is 0 Å². The summed E-state index contributed by atoms with van der Waals surface area (Å²) in [7, 11) is -3.85. The standard InChI is InChI=1S/C26H33N3O5S/c1-4-22-25(30)27-21-14-18(3)24(15-23(21)34-22)35(32,33)29-13-9-12-20(17-29)26(31)28(5-2)16-19-10-7-6-8-11-19/h6-8,10-11,14-15,20,22H,4-5,9,12-13,16-17H2,1-3H3,(H,27,30)/t20-,22+/m0/s1. The van der Waals surface area contributed by atoms with Gasteiger partial charge in [0.2, 0.25) is 15.9 Å². The van der Waals surface area contributed by atoms with Crippen LogP contribution in [0, 0.1) is 12.8 Å². The van der Waals surface area contributed by atoms with Crippen LogP contribution in [-0.2, 0) is 26.2 Å². The third kappa shape index (κ3) is 5.21. The van der Waals surface area contributed by atoms with E-state index in [2.05, 4.69) is 5.32 Å². The lowest BCUT2D eigenvalue weighted by Gasteiger charge is -2.34. The number of sulfonamides is 1. The number of fused-ring (bicyclic) bond motifs is 1. The summed E-state index contributed by atoms with van der Waals surface area (Å²) in [5.41, 5.74) is 2.04. The van der Waals surface area contributed by atoms with E-state index in [0.717, 1.165) is 5.56 Å². The topological polar surface area (TPSA) is 96.0 Å². The van der Waals surface area contributed by atoms with E-state index in [1.54, 1.807) is 17.9 Å². The number of carbonyl (C=O) groups excluding carboxylic acids is 2. The van der Waals surface area contributed by atoms with Gasteiger partial charge in [-0.2, -0.15) is 4.31 Å². The zero-order chi connectivity index (χ0) is 25.2. The number of anilines is 1. The number of ether oxygens (including phenoxy) is 1. The molecule has 1 fully saturated rings. The molecule has 0 bridgehead atoms. The maximum absolute atomic E-state index is 13.7. The molecule has 1 saturated heterocycles. The molecule has 9 heteroatoms. The fourth-order valence-corrected chi connectivity index (χ4v) is 6.49. The van der Waals surface area contributed by atoms with Gasteiger partial charge in [-0.25, -0.2) is 8.42 Å². The van der Waals surface area contributed by atoms with E-state index in [1.165, 1.54) is 10.4 Å². The van der Waals surface area contributed by atoms with Crippen molar-refractivity contribution < 1.29 is 22.7 Å². The van der Waals surface area contributed by atoms with Gasteiger partial charge < -0.3 is 15.0 Å². The molecule has 0 radical (unpaired) electrons. The zero-order valence-corrected chi connectivity index (χ0v) is 21.3. The lowest BCUT2D eigenvalue weighted by atomic mass is 9.98. The number of amides is 2. The van der Waals surface area contributed by atoms with Gasteiger partial charge >= 0.3 is 0 Å². The van der Waals surface area contributed by atoms with E-state index in [9.17, 15) is 18.0 Å². The number of piperidine rings is 1. The third-order valence-corrected chi connectivity index (χ3v) is 8.74. The van der Waals surface area contributed by atoms with Crippen LogP contribution in [0.25, 0.3) is 0 Å². The number of hydrogen-bond donors (Lipinski definition) is 1. The minimum atomic E-state index is -3.85. The summed E-state index contributed by atoms with van der Waals surface area (Å²) >= 11 is 0. The van der Waals surface area contributed by atoms with Crippen LogP contribution in [-0.4, -0.2) is 55.2 Å². The lowest BCUT2D eigenvalue weighted by molar-refractivity contribution is -0.137. The van der Waals surface area contributed by atoms with Crippen LogP contribution in [0.15, 0.2) is 47.4 Å². The fraction of sp³-hybridized carbons (Fsp3) is 0.462. The van der Waals surface area contributed by atoms with Crippen LogP contribution in [0.5, 0.6) is 5.75 Å². The Balaban J connectivity index is 1.54. The van der Waals surface area contributed by atoms with Crippen LogP contribution in [0.1, 0.15) is 44.2 Å². The minimum absolute atomic E-state index is 0.0183. The maximum atomic E-state index is 13.7. The average molecular weight is 500 g/mol.